The molecule has 1 saturated heterocycles. The van der Waals surface area contributed by atoms with E-state index >= 15 is 0 Å². The van der Waals surface area contributed by atoms with Crippen molar-refractivity contribution in [2.45, 2.75) is 12.5 Å². The lowest BCUT2D eigenvalue weighted by molar-refractivity contribution is 0.0287. The van der Waals surface area contributed by atoms with Gasteiger partial charge in [-0.25, -0.2) is 4.39 Å². The lowest BCUT2D eigenvalue weighted by atomic mass is 10.1. The van der Waals surface area contributed by atoms with Crippen molar-refractivity contribution in [3.8, 4) is 0 Å². The standard InChI is InChI=1S/C11H13ClFNO/c12-9-1-2-11(13)8(5-9)6-10-7-14-3-4-15-10/h1-2,5,10,14H,3-4,6-7H2/t10-/m1/s1. The Morgan fingerprint density at radius 3 is 3.13 bits per heavy atom. The fourth-order valence-electron chi connectivity index (χ4n) is 1.70. The van der Waals surface area contributed by atoms with Crippen LogP contribution in [-0.4, -0.2) is 25.8 Å². The summed E-state index contributed by atoms with van der Waals surface area (Å²) in [5.74, 6) is -0.214. The van der Waals surface area contributed by atoms with Gasteiger partial charge in [0.25, 0.3) is 0 Å². The Hall–Kier alpha value is -0.640. The highest BCUT2D eigenvalue weighted by Crippen LogP contribution is 2.17. The second-order valence-electron chi connectivity index (χ2n) is 3.64. The quantitative estimate of drug-likeness (QED) is 0.838. The average Bonchev–Trinajstić information content (AvgIpc) is 2.25. The number of rotatable bonds is 2. The molecule has 0 aromatic heterocycles. The molecule has 4 heteroatoms. The minimum atomic E-state index is -0.214. The molecule has 1 aromatic carbocycles. The normalized spacial score (nSPS) is 21.6. The number of morpholine rings is 1. The minimum absolute atomic E-state index is 0.0479. The molecule has 0 spiro atoms. The maximum Gasteiger partial charge on any atom is 0.126 e. The Morgan fingerprint density at radius 1 is 1.53 bits per heavy atom. The number of hydrogen-bond donors (Lipinski definition) is 1. The number of ether oxygens (including phenoxy) is 1. The summed E-state index contributed by atoms with van der Waals surface area (Å²) in [5.41, 5.74) is 0.621. The molecular formula is C11H13ClFNO. The molecule has 1 atom stereocenters. The second-order valence-corrected chi connectivity index (χ2v) is 4.07. The van der Waals surface area contributed by atoms with Crippen molar-refractivity contribution in [2.75, 3.05) is 19.7 Å². The van der Waals surface area contributed by atoms with Gasteiger partial charge in [-0.1, -0.05) is 11.6 Å². The molecule has 0 saturated carbocycles. The number of hydrogen-bond acceptors (Lipinski definition) is 2. The Morgan fingerprint density at radius 2 is 2.40 bits per heavy atom. The fourth-order valence-corrected chi connectivity index (χ4v) is 1.89. The second kappa shape index (κ2) is 4.92. The van der Waals surface area contributed by atoms with Gasteiger partial charge in [-0.3, -0.25) is 0 Å². The predicted octanol–water partition coefficient (Wildman–Crippen LogP) is 2.01. The average molecular weight is 230 g/mol. The smallest absolute Gasteiger partial charge is 0.126 e. The van der Waals surface area contributed by atoms with Crippen molar-refractivity contribution in [1.82, 2.24) is 5.32 Å². The van der Waals surface area contributed by atoms with Crippen LogP contribution in [0.25, 0.3) is 0 Å². The summed E-state index contributed by atoms with van der Waals surface area (Å²) in [4.78, 5) is 0. The molecule has 1 aliphatic rings. The summed E-state index contributed by atoms with van der Waals surface area (Å²) in [6.07, 6.45) is 0.617. The molecule has 82 valence electrons. The zero-order valence-corrected chi connectivity index (χ0v) is 9.06. The van der Waals surface area contributed by atoms with Gasteiger partial charge < -0.3 is 10.1 Å². The first-order valence-electron chi connectivity index (χ1n) is 5.02. The van der Waals surface area contributed by atoms with E-state index in [-0.39, 0.29) is 11.9 Å². The fraction of sp³-hybridized carbons (Fsp3) is 0.455. The van der Waals surface area contributed by atoms with Crippen LogP contribution in [0, 0.1) is 5.82 Å². The first kappa shape index (κ1) is 10.9. The van der Waals surface area contributed by atoms with Crippen LogP contribution >= 0.6 is 11.6 Å². The molecule has 2 rings (SSSR count). The predicted molar refractivity (Wildman–Crippen MR) is 57.7 cm³/mol. The van der Waals surface area contributed by atoms with Crippen LogP contribution < -0.4 is 5.32 Å². The van der Waals surface area contributed by atoms with E-state index in [1.165, 1.54) is 6.07 Å². The van der Waals surface area contributed by atoms with Crippen LogP contribution in [0.15, 0.2) is 18.2 Å². The van der Waals surface area contributed by atoms with E-state index in [0.717, 1.165) is 13.1 Å². The zero-order valence-electron chi connectivity index (χ0n) is 8.30. The van der Waals surface area contributed by atoms with Gasteiger partial charge in [0.2, 0.25) is 0 Å². The molecule has 1 N–H and O–H groups in total. The lowest BCUT2D eigenvalue weighted by Gasteiger charge is -2.23. The highest BCUT2D eigenvalue weighted by Gasteiger charge is 2.15. The van der Waals surface area contributed by atoms with Crippen LogP contribution in [0.5, 0.6) is 0 Å². The van der Waals surface area contributed by atoms with E-state index in [4.69, 9.17) is 16.3 Å². The summed E-state index contributed by atoms with van der Waals surface area (Å²) in [6, 6.07) is 4.61. The van der Waals surface area contributed by atoms with Gasteiger partial charge in [-0.05, 0) is 23.8 Å². The van der Waals surface area contributed by atoms with Gasteiger partial charge >= 0.3 is 0 Å². The van der Waals surface area contributed by atoms with Gasteiger partial charge in [-0.2, -0.15) is 0 Å². The third kappa shape index (κ3) is 2.91. The molecule has 0 unspecified atom stereocenters. The molecule has 0 amide bonds. The highest BCUT2D eigenvalue weighted by molar-refractivity contribution is 6.30. The first-order chi connectivity index (χ1) is 7.25. The van der Waals surface area contributed by atoms with Gasteiger partial charge in [0, 0.05) is 24.5 Å². The lowest BCUT2D eigenvalue weighted by Crippen LogP contribution is -2.39. The zero-order chi connectivity index (χ0) is 10.7. The van der Waals surface area contributed by atoms with Gasteiger partial charge in [-0.15, -0.1) is 0 Å². The van der Waals surface area contributed by atoms with Crippen molar-refractivity contribution in [3.63, 3.8) is 0 Å². The Labute approximate surface area is 93.4 Å². The van der Waals surface area contributed by atoms with Crippen molar-refractivity contribution < 1.29 is 9.13 Å². The van der Waals surface area contributed by atoms with Crippen molar-refractivity contribution in [1.29, 1.82) is 0 Å². The molecule has 1 heterocycles. The number of nitrogens with one attached hydrogen (secondary N) is 1. The van der Waals surface area contributed by atoms with Crippen molar-refractivity contribution >= 4 is 11.6 Å². The largest absolute Gasteiger partial charge is 0.375 e. The van der Waals surface area contributed by atoms with Crippen LogP contribution in [-0.2, 0) is 11.2 Å². The first-order valence-corrected chi connectivity index (χ1v) is 5.40. The molecule has 1 aliphatic heterocycles. The van der Waals surface area contributed by atoms with E-state index in [0.29, 0.717) is 23.6 Å². The monoisotopic (exact) mass is 229 g/mol. The molecule has 0 aliphatic carbocycles. The summed E-state index contributed by atoms with van der Waals surface area (Å²) in [7, 11) is 0. The molecule has 2 nitrogen and oxygen atoms in total. The Bertz CT molecular complexity index is 339. The number of benzene rings is 1. The molecule has 1 aromatic rings. The maximum atomic E-state index is 13.4. The van der Waals surface area contributed by atoms with E-state index < -0.39 is 0 Å². The summed E-state index contributed by atoms with van der Waals surface area (Å²) in [5, 5.41) is 3.77. The summed E-state index contributed by atoms with van der Waals surface area (Å²) in [6.45, 7) is 2.33. The number of halogens is 2. The maximum absolute atomic E-state index is 13.4. The SMILES string of the molecule is Fc1ccc(Cl)cc1C[C@@H]1CNCCO1. The summed E-state index contributed by atoms with van der Waals surface area (Å²) >= 11 is 5.81. The highest BCUT2D eigenvalue weighted by atomic mass is 35.5. The van der Waals surface area contributed by atoms with Gasteiger partial charge in [0.1, 0.15) is 5.82 Å². The molecule has 0 bridgehead atoms. The summed E-state index contributed by atoms with van der Waals surface area (Å²) < 4.78 is 18.9. The van der Waals surface area contributed by atoms with Crippen LogP contribution in [0.2, 0.25) is 5.02 Å². The van der Waals surface area contributed by atoms with E-state index in [1.807, 2.05) is 0 Å². The van der Waals surface area contributed by atoms with Crippen LogP contribution in [0.3, 0.4) is 0 Å². The Kier molecular flexibility index (Phi) is 3.57. The minimum Gasteiger partial charge on any atom is -0.375 e. The van der Waals surface area contributed by atoms with Crippen LogP contribution in [0.4, 0.5) is 4.39 Å². The van der Waals surface area contributed by atoms with E-state index in [9.17, 15) is 4.39 Å². The topological polar surface area (TPSA) is 21.3 Å². The van der Waals surface area contributed by atoms with E-state index in [1.54, 1.807) is 12.1 Å². The van der Waals surface area contributed by atoms with Gasteiger partial charge in [0.15, 0.2) is 0 Å². The third-order valence-corrected chi connectivity index (χ3v) is 2.69. The molecular weight excluding hydrogens is 217 g/mol. The molecule has 1 fully saturated rings. The van der Waals surface area contributed by atoms with Crippen molar-refractivity contribution in [3.05, 3.63) is 34.6 Å². The Balaban J connectivity index is 2.05. The van der Waals surface area contributed by atoms with Crippen molar-refractivity contribution in [2.24, 2.45) is 0 Å². The van der Waals surface area contributed by atoms with Gasteiger partial charge in [0.05, 0.1) is 12.7 Å². The third-order valence-electron chi connectivity index (χ3n) is 2.46. The molecule has 15 heavy (non-hydrogen) atoms. The van der Waals surface area contributed by atoms with Crippen LogP contribution in [0.1, 0.15) is 5.56 Å². The van der Waals surface area contributed by atoms with E-state index in [2.05, 4.69) is 5.32 Å². The molecule has 0 radical (unpaired) electrons.